The van der Waals surface area contributed by atoms with Crippen molar-refractivity contribution in [1.29, 1.82) is 0 Å². The fourth-order valence-electron chi connectivity index (χ4n) is 4.30. The molecule has 2 aromatic carbocycles. The van der Waals surface area contributed by atoms with E-state index in [-0.39, 0.29) is 36.6 Å². The van der Waals surface area contributed by atoms with Crippen molar-refractivity contribution in [3.8, 4) is 5.75 Å². The molecule has 1 aliphatic heterocycles. The molecule has 0 saturated carbocycles. The highest BCUT2D eigenvalue weighted by atomic mass is 35.5. The molecule has 184 valence electrons. The van der Waals surface area contributed by atoms with E-state index in [1.165, 1.54) is 21.9 Å². The number of rotatable bonds is 8. The molecule has 0 N–H and O–H groups in total. The van der Waals surface area contributed by atoms with Crippen molar-refractivity contribution in [1.82, 2.24) is 9.80 Å². The monoisotopic (exact) mass is 514 g/mol. The lowest BCUT2D eigenvalue weighted by Crippen LogP contribution is -2.48. The molecule has 2 heterocycles. The molecular formula is C27H28ClFN2O3S. The Labute approximate surface area is 214 Å². The van der Waals surface area contributed by atoms with Crippen LogP contribution >= 0.6 is 22.9 Å². The molecular weight excluding hydrogens is 487 g/mol. The van der Waals surface area contributed by atoms with E-state index in [9.17, 15) is 14.0 Å². The Balaban J connectivity index is 1.54. The summed E-state index contributed by atoms with van der Waals surface area (Å²) in [5.74, 6) is -0.467. The zero-order chi connectivity index (χ0) is 24.9. The molecule has 2 amide bonds. The second kappa shape index (κ2) is 11.2. The van der Waals surface area contributed by atoms with Crippen LogP contribution in [0.4, 0.5) is 4.39 Å². The Kier molecular flexibility index (Phi) is 8.08. The first-order chi connectivity index (χ1) is 16.8. The van der Waals surface area contributed by atoms with Crippen molar-refractivity contribution < 1.29 is 18.7 Å². The third kappa shape index (κ3) is 6.03. The normalized spacial score (nSPS) is 15.1. The molecule has 1 unspecified atom stereocenters. The van der Waals surface area contributed by atoms with Crippen LogP contribution in [0.1, 0.15) is 40.7 Å². The van der Waals surface area contributed by atoms with Crippen LogP contribution in [-0.4, -0.2) is 47.9 Å². The Bertz CT molecular complexity index is 1180. The minimum absolute atomic E-state index is 0.0256. The fraction of sp³-hybridized carbons (Fsp3) is 0.333. The molecule has 1 aromatic heterocycles. The molecule has 3 aromatic rings. The number of thiophene rings is 1. The minimum atomic E-state index is -0.589. The zero-order valence-corrected chi connectivity index (χ0v) is 21.3. The van der Waals surface area contributed by atoms with Crippen molar-refractivity contribution in [2.45, 2.75) is 26.3 Å². The highest BCUT2D eigenvalue weighted by molar-refractivity contribution is 7.10. The van der Waals surface area contributed by atoms with E-state index in [0.717, 1.165) is 12.0 Å². The van der Waals surface area contributed by atoms with Crippen LogP contribution in [-0.2, 0) is 11.2 Å². The van der Waals surface area contributed by atoms with Gasteiger partial charge in [0.1, 0.15) is 24.7 Å². The number of hydrogen-bond acceptors (Lipinski definition) is 4. The average molecular weight is 515 g/mol. The predicted molar refractivity (Wildman–Crippen MR) is 137 cm³/mol. The molecule has 0 saturated heterocycles. The summed E-state index contributed by atoms with van der Waals surface area (Å²) >= 11 is 7.65. The van der Waals surface area contributed by atoms with Gasteiger partial charge in [-0.25, -0.2) is 4.39 Å². The van der Waals surface area contributed by atoms with E-state index in [1.54, 1.807) is 52.6 Å². The summed E-state index contributed by atoms with van der Waals surface area (Å²) in [7, 11) is 0. The maximum absolute atomic E-state index is 14.3. The predicted octanol–water partition coefficient (Wildman–Crippen LogP) is 5.84. The van der Waals surface area contributed by atoms with Gasteiger partial charge >= 0.3 is 0 Å². The summed E-state index contributed by atoms with van der Waals surface area (Å²) in [6.45, 7) is 4.97. The topological polar surface area (TPSA) is 49.9 Å². The summed E-state index contributed by atoms with van der Waals surface area (Å²) in [4.78, 5) is 31.2. The second-order valence-corrected chi connectivity index (χ2v) is 10.4. The lowest BCUT2D eigenvalue weighted by atomic mass is 10.00. The van der Waals surface area contributed by atoms with Gasteiger partial charge in [-0.2, -0.15) is 0 Å². The third-order valence-corrected chi connectivity index (χ3v) is 7.19. The standard InChI is InChI=1S/C27H28ClFN2O3S/c1-18(2)15-30(27(33)21-5-3-4-6-23(21)29)16-26(32)31-13-11-25-22(12-14-35-25)24(31)17-34-20-9-7-19(28)8-10-20/h3-10,12,14,18,24H,11,13,15-17H2,1-2H3. The summed E-state index contributed by atoms with van der Waals surface area (Å²) < 4.78 is 20.4. The molecule has 35 heavy (non-hydrogen) atoms. The Morgan fingerprint density at radius 1 is 1.17 bits per heavy atom. The smallest absolute Gasteiger partial charge is 0.257 e. The molecule has 8 heteroatoms. The van der Waals surface area contributed by atoms with Crippen molar-refractivity contribution in [2.75, 3.05) is 26.2 Å². The molecule has 0 fully saturated rings. The molecule has 5 nitrogen and oxygen atoms in total. The SMILES string of the molecule is CC(C)CN(CC(=O)N1CCc2sccc2C1COc1ccc(Cl)cc1)C(=O)c1ccccc1F. The van der Waals surface area contributed by atoms with E-state index >= 15 is 0 Å². The van der Waals surface area contributed by atoms with Gasteiger partial charge in [0.05, 0.1) is 11.6 Å². The molecule has 1 aliphatic rings. The maximum Gasteiger partial charge on any atom is 0.257 e. The first-order valence-electron chi connectivity index (χ1n) is 11.6. The summed E-state index contributed by atoms with van der Waals surface area (Å²) in [5, 5.41) is 2.65. The van der Waals surface area contributed by atoms with E-state index in [1.807, 2.05) is 25.3 Å². The van der Waals surface area contributed by atoms with E-state index in [0.29, 0.717) is 23.9 Å². The van der Waals surface area contributed by atoms with E-state index < -0.39 is 11.7 Å². The summed E-state index contributed by atoms with van der Waals surface area (Å²) in [6, 6.07) is 14.7. The van der Waals surface area contributed by atoms with Gasteiger partial charge in [-0.1, -0.05) is 37.6 Å². The third-order valence-electron chi connectivity index (χ3n) is 5.94. The number of carbonyl (C=O) groups is 2. The van der Waals surface area contributed by atoms with E-state index in [2.05, 4.69) is 0 Å². The molecule has 0 spiro atoms. The quantitative estimate of drug-likeness (QED) is 0.379. The largest absolute Gasteiger partial charge is 0.491 e. The fourth-order valence-corrected chi connectivity index (χ4v) is 5.35. The number of fused-ring (bicyclic) bond motifs is 1. The van der Waals surface area contributed by atoms with Crippen LogP contribution in [0.25, 0.3) is 0 Å². The number of ether oxygens (including phenoxy) is 1. The highest BCUT2D eigenvalue weighted by Crippen LogP contribution is 2.34. The van der Waals surface area contributed by atoms with Crippen LogP contribution in [0, 0.1) is 11.7 Å². The van der Waals surface area contributed by atoms with Gasteiger partial charge in [-0.05, 0) is 65.7 Å². The van der Waals surface area contributed by atoms with Gasteiger partial charge in [0.15, 0.2) is 0 Å². The van der Waals surface area contributed by atoms with Gasteiger partial charge in [0.25, 0.3) is 5.91 Å². The summed E-state index contributed by atoms with van der Waals surface area (Å²) in [5.41, 5.74) is 1.04. The number of hydrogen-bond donors (Lipinski definition) is 0. The van der Waals surface area contributed by atoms with Crippen LogP contribution in [0.5, 0.6) is 5.75 Å². The minimum Gasteiger partial charge on any atom is -0.491 e. The first kappa shape index (κ1) is 25.2. The van der Waals surface area contributed by atoms with E-state index in [4.69, 9.17) is 16.3 Å². The Morgan fingerprint density at radius 2 is 1.91 bits per heavy atom. The summed E-state index contributed by atoms with van der Waals surface area (Å²) in [6.07, 6.45) is 0.752. The highest BCUT2D eigenvalue weighted by Gasteiger charge is 2.34. The van der Waals surface area contributed by atoms with Gasteiger partial charge in [-0.3, -0.25) is 9.59 Å². The van der Waals surface area contributed by atoms with Crippen LogP contribution < -0.4 is 4.74 Å². The Hall–Kier alpha value is -2.90. The van der Waals surface area contributed by atoms with Gasteiger partial charge < -0.3 is 14.5 Å². The van der Waals surface area contributed by atoms with Crippen molar-refractivity contribution >= 4 is 34.8 Å². The van der Waals surface area contributed by atoms with Crippen LogP contribution in [0.15, 0.2) is 60.0 Å². The number of carbonyl (C=O) groups excluding carboxylic acids is 2. The second-order valence-electron chi connectivity index (χ2n) is 8.98. The number of amides is 2. The Morgan fingerprint density at radius 3 is 2.63 bits per heavy atom. The molecule has 0 radical (unpaired) electrons. The van der Waals surface area contributed by atoms with Crippen molar-refractivity contribution in [3.63, 3.8) is 0 Å². The average Bonchev–Trinajstić information content (AvgIpc) is 3.32. The van der Waals surface area contributed by atoms with Gasteiger partial charge in [0, 0.05) is 23.0 Å². The number of benzene rings is 2. The molecule has 0 bridgehead atoms. The maximum atomic E-state index is 14.3. The van der Waals surface area contributed by atoms with Crippen LogP contribution in [0.3, 0.4) is 0 Å². The van der Waals surface area contributed by atoms with Gasteiger partial charge in [-0.15, -0.1) is 11.3 Å². The molecule has 0 aliphatic carbocycles. The molecule has 4 rings (SSSR count). The van der Waals surface area contributed by atoms with Gasteiger partial charge in [0.2, 0.25) is 5.91 Å². The lowest BCUT2D eigenvalue weighted by molar-refractivity contribution is -0.135. The number of nitrogens with zero attached hydrogens (tertiary/aromatic N) is 2. The number of halogens is 2. The van der Waals surface area contributed by atoms with Crippen LogP contribution in [0.2, 0.25) is 5.02 Å². The molecule has 1 atom stereocenters. The first-order valence-corrected chi connectivity index (χ1v) is 12.9. The lowest BCUT2D eigenvalue weighted by Gasteiger charge is -2.37. The van der Waals surface area contributed by atoms with Crippen molar-refractivity contribution in [3.05, 3.63) is 86.8 Å². The van der Waals surface area contributed by atoms with Crippen molar-refractivity contribution in [2.24, 2.45) is 5.92 Å². The zero-order valence-electron chi connectivity index (χ0n) is 19.7.